The fourth-order valence-corrected chi connectivity index (χ4v) is 2.42. The first-order valence-electron chi connectivity index (χ1n) is 7.91. The topological polar surface area (TPSA) is 73.6 Å². The maximum atomic E-state index is 13.1. The molecule has 0 unspecified atom stereocenters. The van der Waals surface area contributed by atoms with Gasteiger partial charge in [-0.05, 0) is 43.3 Å². The fraction of sp³-hybridized carbons (Fsp3) is 0.105. The number of hydrogen-bond acceptors (Lipinski definition) is 5. The van der Waals surface area contributed by atoms with Gasteiger partial charge in [0.2, 0.25) is 5.95 Å². The Bertz CT molecular complexity index is 991. The first-order chi connectivity index (χ1) is 12.8. The van der Waals surface area contributed by atoms with Crippen molar-refractivity contribution in [3.8, 4) is 6.07 Å². The molecule has 0 aliphatic rings. The van der Waals surface area contributed by atoms with Gasteiger partial charge >= 0.3 is 6.18 Å². The summed E-state index contributed by atoms with van der Waals surface area (Å²) in [6, 6.07) is 15.5. The molecule has 3 aromatic rings. The zero-order valence-corrected chi connectivity index (χ0v) is 14.2. The van der Waals surface area contributed by atoms with Crippen LogP contribution in [0.25, 0.3) is 0 Å². The minimum Gasteiger partial charge on any atom is -0.340 e. The second kappa shape index (κ2) is 7.33. The van der Waals surface area contributed by atoms with Crippen LogP contribution in [0.3, 0.4) is 0 Å². The second-order valence-corrected chi connectivity index (χ2v) is 5.70. The number of anilines is 4. The van der Waals surface area contributed by atoms with E-state index in [-0.39, 0.29) is 11.6 Å². The number of nitrogens with one attached hydrogen (secondary N) is 2. The van der Waals surface area contributed by atoms with Gasteiger partial charge in [0.05, 0.1) is 22.9 Å². The van der Waals surface area contributed by atoms with Crippen LogP contribution in [0.4, 0.5) is 36.3 Å². The maximum absolute atomic E-state index is 13.1. The quantitative estimate of drug-likeness (QED) is 0.664. The third-order valence-corrected chi connectivity index (χ3v) is 3.62. The average Bonchev–Trinajstić information content (AvgIpc) is 2.61. The number of hydrogen-bond donors (Lipinski definition) is 2. The summed E-state index contributed by atoms with van der Waals surface area (Å²) in [6.07, 6.45) is -4.49. The molecule has 0 radical (unpaired) electrons. The molecule has 0 aliphatic heterocycles. The number of benzene rings is 2. The van der Waals surface area contributed by atoms with Crippen LogP contribution in [0.15, 0.2) is 54.6 Å². The van der Waals surface area contributed by atoms with Crippen molar-refractivity contribution in [3.63, 3.8) is 0 Å². The molecule has 136 valence electrons. The summed E-state index contributed by atoms with van der Waals surface area (Å²) in [6.45, 7) is 1.71. The van der Waals surface area contributed by atoms with E-state index in [1.54, 1.807) is 37.3 Å². The van der Waals surface area contributed by atoms with Gasteiger partial charge in [0.25, 0.3) is 0 Å². The van der Waals surface area contributed by atoms with E-state index in [9.17, 15) is 13.2 Å². The molecule has 0 fully saturated rings. The second-order valence-electron chi connectivity index (χ2n) is 5.70. The highest BCUT2D eigenvalue weighted by atomic mass is 19.4. The largest absolute Gasteiger partial charge is 0.418 e. The van der Waals surface area contributed by atoms with Crippen LogP contribution in [0, 0.1) is 18.3 Å². The number of aryl methyl sites for hydroxylation is 1. The predicted molar refractivity (Wildman–Crippen MR) is 95.9 cm³/mol. The van der Waals surface area contributed by atoms with Crippen molar-refractivity contribution >= 4 is 23.1 Å². The van der Waals surface area contributed by atoms with E-state index >= 15 is 0 Å². The van der Waals surface area contributed by atoms with E-state index in [0.717, 1.165) is 6.07 Å². The van der Waals surface area contributed by atoms with Crippen molar-refractivity contribution in [2.75, 3.05) is 10.6 Å². The van der Waals surface area contributed by atoms with Crippen molar-refractivity contribution in [1.29, 1.82) is 5.26 Å². The lowest BCUT2D eigenvalue weighted by atomic mass is 10.1. The molecule has 2 aromatic carbocycles. The number of halogens is 3. The lowest BCUT2D eigenvalue weighted by Crippen LogP contribution is -2.10. The van der Waals surface area contributed by atoms with Gasteiger partial charge in [0, 0.05) is 17.4 Å². The molecule has 5 nitrogen and oxygen atoms in total. The molecule has 2 N–H and O–H groups in total. The molecule has 1 heterocycles. The Morgan fingerprint density at radius 1 is 0.963 bits per heavy atom. The van der Waals surface area contributed by atoms with Crippen molar-refractivity contribution < 1.29 is 13.2 Å². The predicted octanol–water partition coefficient (Wildman–Crippen LogP) is 5.16. The minimum atomic E-state index is -4.49. The van der Waals surface area contributed by atoms with Gasteiger partial charge in [0.15, 0.2) is 0 Å². The Balaban J connectivity index is 1.87. The smallest absolute Gasteiger partial charge is 0.340 e. The summed E-state index contributed by atoms with van der Waals surface area (Å²) in [5, 5.41) is 14.5. The van der Waals surface area contributed by atoms with E-state index in [1.807, 2.05) is 6.07 Å². The summed E-state index contributed by atoms with van der Waals surface area (Å²) < 4.78 is 39.4. The van der Waals surface area contributed by atoms with Gasteiger partial charge in [0.1, 0.15) is 5.82 Å². The van der Waals surface area contributed by atoms with Crippen LogP contribution < -0.4 is 10.6 Å². The molecule has 1 aromatic heterocycles. The van der Waals surface area contributed by atoms with Crippen molar-refractivity contribution in [3.05, 3.63) is 71.4 Å². The van der Waals surface area contributed by atoms with Crippen molar-refractivity contribution in [2.24, 2.45) is 0 Å². The highest BCUT2D eigenvalue weighted by Crippen LogP contribution is 2.35. The monoisotopic (exact) mass is 369 g/mol. The molecule has 0 atom stereocenters. The molecule has 0 bridgehead atoms. The Hall–Kier alpha value is -3.60. The van der Waals surface area contributed by atoms with E-state index in [4.69, 9.17) is 5.26 Å². The summed E-state index contributed by atoms with van der Waals surface area (Å²) in [5.41, 5.74) is 0.865. The van der Waals surface area contributed by atoms with Crippen LogP contribution >= 0.6 is 0 Å². The van der Waals surface area contributed by atoms with Crippen molar-refractivity contribution in [1.82, 2.24) is 9.97 Å². The summed E-state index contributed by atoms with van der Waals surface area (Å²) in [7, 11) is 0. The fourth-order valence-electron chi connectivity index (χ4n) is 2.42. The highest BCUT2D eigenvalue weighted by Gasteiger charge is 2.33. The van der Waals surface area contributed by atoms with Gasteiger partial charge in [-0.25, -0.2) is 4.98 Å². The number of aromatic nitrogens is 2. The van der Waals surface area contributed by atoms with Crippen LogP contribution in [-0.4, -0.2) is 9.97 Å². The standard InChI is InChI=1S/C19H14F3N5/c1-12-10-17(25-14-8-6-13(11-23)7-9-14)27-18(24-12)26-16-5-3-2-4-15(16)19(20,21)22/h2-10H,1H3,(H2,24,25,26,27). The van der Waals surface area contributed by atoms with E-state index in [1.165, 1.54) is 18.2 Å². The Labute approximate surface area is 153 Å². The Morgan fingerprint density at radius 3 is 2.33 bits per heavy atom. The van der Waals surface area contributed by atoms with E-state index in [2.05, 4.69) is 20.6 Å². The Kier molecular flexibility index (Phi) is 4.94. The molecule has 8 heteroatoms. The number of alkyl halides is 3. The average molecular weight is 369 g/mol. The minimum absolute atomic E-state index is 0.0443. The molecule has 0 spiro atoms. The zero-order valence-electron chi connectivity index (χ0n) is 14.2. The number of para-hydroxylation sites is 1. The summed E-state index contributed by atoms with van der Waals surface area (Å²) >= 11 is 0. The van der Waals surface area contributed by atoms with Gasteiger partial charge < -0.3 is 10.6 Å². The first-order valence-corrected chi connectivity index (χ1v) is 7.91. The molecule has 27 heavy (non-hydrogen) atoms. The molecule has 3 rings (SSSR count). The van der Waals surface area contributed by atoms with E-state index < -0.39 is 11.7 Å². The third-order valence-electron chi connectivity index (χ3n) is 3.62. The number of rotatable bonds is 4. The normalized spacial score (nSPS) is 10.9. The SMILES string of the molecule is Cc1cc(Nc2ccc(C#N)cc2)nc(Nc2ccccc2C(F)(F)F)n1. The Morgan fingerprint density at radius 2 is 1.67 bits per heavy atom. The van der Waals surface area contributed by atoms with Gasteiger partial charge in [-0.1, -0.05) is 12.1 Å². The molecule has 0 amide bonds. The maximum Gasteiger partial charge on any atom is 0.418 e. The van der Waals surface area contributed by atoms with Crippen LogP contribution in [0.2, 0.25) is 0 Å². The van der Waals surface area contributed by atoms with Gasteiger partial charge in [-0.15, -0.1) is 0 Å². The zero-order chi connectivity index (χ0) is 19.4. The number of nitriles is 1. The lowest BCUT2D eigenvalue weighted by Gasteiger charge is -2.14. The van der Waals surface area contributed by atoms with Gasteiger partial charge in [-0.2, -0.15) is 23.4 Å². The van der Waals surface area contributed by atoms with Gasteiger partial charge in [-0.3, -0.25) is 0 Å². The molecule has 0 aliphatic carbocycles. The molecular weight excluding hydrogens is 355 g/mol. The van der Waals surface area contributed by atoms with E-state index in [0.29, 0.717) is 22.8 Å². The third kappa shape index (κ3) is 4.52. The highest BCUT2D eigenvalue weighted by molar-refractivity contribution is 5.63. The molecular formula is C19H14F3N5. The summed E-state index contributed by atoms with van der Waals surface area (Å²) in [5.74, 6) is 0.460. The van der Waals surface area contributed by atoms with Crippen molar-refractivity contribution in [2.45, 2.75) is 13.1 Å². The van der Waals surface area contributed by atoms with Crippen LogP contribution in [0.1, 0.15) is 16.8 Å². The van der Waals surface area contributed by atoms with Crippen LogP contribution in [-0.2, 0) is 6.18 Å². The number of nitrogens with zero attached hydrogens (tertiary/aromatic N) is 3. The summed E-state index contributed by atoms with van der Waals surface area (Å²) in [4.78, 5) is 8.37. The lowest BCUT2D eigenvalue weighted by molar-refractivity contribution is -0.136. The molecule has 0 saturated carbocycles. The molecule has 0 saturated heterocycles. The first kappa shape index (κ1) is 18.2. The van der Waals surface area contributed by atoms with Crippen LogP contribution in [0.5, 0.6) is 0 Å².